The Hall–Kier alpha value is -2.87. The van der Waals surface area contributed by atoms with Crippen LogP contribution in [0.25, 0.3) is 0 Å². The number of rotatable bonds is 6. The molecule has 0 bridgehead atoms. The molecule has 0 atom stereocenters. The molecule has 1 heterocycles. The summed E-state index contributed by atoms with van der Waals surface area (Å²) in [5.41, 5.74) is 1.29. The van der Waals surface area contributed by atoms with Crippen LogP contribution in [-0.4, -0.2) is 45.8 Å². The summed E-state index contributed by atoms with van der Waals surface area (Å²) in [6, 6.07) is 13.3. The number of ether oxygens (including phenoxy) is 1. The Balaban J connectivity index is 1.68. The third kappa shape index (κ3) is 4.69. The van der Waals surface area contributed by atoms with E-state index in [1.807, 2.05) is 30.1 Å². The van der Waals surface area contributed by atoms with Crippen LogP contribution in [0.3, 0.4) is 0 Å². The maximum absolute atomic E-state index is 12.5. The molecule has 1 N–H and O–H groups in total. The van der Waals surface area contributed by atoms with Crippen molar-refractivity contribution in [1.29, 1.82) is 0 Å². The molecule has 8 heteroatoms. The first-order valence-corrected chi connectivity index (χ1v) is 10.4. The average Bonchev–Trinajstić information content (AvgIpc) is 3.06. The Bertz CT molecular complexity index is 985. The van der Waals surface area contributed by atoms with Gasteiger partial charge in [-0.25, -0.2) is 0 Å². The molecule has 0 radical (unpaired) electrons. The van der Waals surface area contributed by atoms with Gasteiger partial charge in [-0.15, -0.1) is 4.40 Å². The molecule has 0 unspecified atom stereocenters. The molecule has 0 spiro atoms. The van der Waals surface area contributed by atoms with E-state index in [0.717, 1.165) is 18.5 Å². The van der Waals surface area contributed by atoms with Crippen molar-refractivity contribution in [1.82, 2.24) is 4.90 Å². The van der Waals surface area contributed by atoms with E-state index in [0.29, 0.717) is 23.7 Å². The zero-order chi connectivity index (χ0) is 20.1. The topological polar surface area (TPSA) is 88.1 Å². The molecule has 1 saturated heterocycles. The van der Waals surface area contributed by atoms with Gasteiger partial charge >= 0.3 is 0 Å². The van der Waals surface area contributed by atoms with E-state index in [-0.39, 0.29) is 17.2 Å². The number of hydrogen-bond donors (Lipinski definition) is 1. The molecule has 0 aromatic heterocycles. The number of amidine groups is 1. The van der Waals surface area contributed by atoms with Gasteiger partial charge < -0.3 is 15.0 Å². The van der Waals surface area contributed by atoms with Gasteiger partial charge in [0, 0.05) is 31.3 Å². The lowest BCUT2D eigenvalue weighted by atomic mass is 10.1. The first-order chi connectivity index (χ1) is 13.4. The van der Waals surface area contributed by atoms with Gasteiger partial charge in [-0.1, -0.05) is 18.2 Å². The van der Waals surface area contributed by atoms with Crippen LogP contribution in [0.5, 0.6) is 5.75 Å². The Morgan fingerprint density at radius 2 is 1.89 bits per heavy atom. The molecule has 1 amide bonds. The Morgan fingerprint density at radius 1 is 1.18 bits per heavy atom. The first-order valence-electron chi connectivity index (χ1n) is 8.96. The summed E-state index contributed by atoms with van der Waals surface area (Å²) in [5.74, 6) is 1.01. The standard InChI is InChI=1S/C20H23N3O4S/c1-23-13-5-8-19(23)22-28(25,26)17-11-9-16(10-12-17)21-20(24)14-15-6-3-4-7-18(15)27-2/h3-4,6-7,9-12H,5,8,13-14H2,1-2H3,(H,21,24)/b22-19-. The summed E-state index contributed by atoms with van der Waals surface area (Å²) in [7, 11) is -0.369. The number of sulfonamides is 1. The number of anilines is 1. The fourth-order valence-electron chi connectivity index (χ4n) is 3.04. The summed E-state index contributed by atoms with van der Waals surface area (Å²) >= 11 is 0. The lowest BCUT2D eigenvalue weighted by Gasteiger charge is -2.11. The van der Waals surface area contributed by atoms with Crippen LogP contribution in [0.4, 0.5) is 5.69 Å². The number of benzene rings is 2. The lowest BCUT2D eigenvalue weighted by molar-refractivity contribution is -0.115. The van der Waals surface area contributed by atoms with Crippen molar-refractivity contribution < 1.29 is 17.9 Å². The molecule has 0 saturated carbocycles. The molecule has 2 aromatic rings. The fraction of sp³-hybridized carbons (Fsp3) is 0.300. The molecule has 1 fully saturated rings. The highest BCUT2D eigenvalue weighted by molar-refractivity contribution is 7.90. The lowest BCUT2D eigenvalue weighted by Crippen LogP contribution is -2.20. The second kappa shape index (κ2) is 8.43. The van der Waals surface area contributed by atoms with Crippen molar-refractivity contribution in [3.05, 3.63) is 54.1 Å². The number of likely N-dealkylation sites (tertiary alicyclic amines) is 1. The number of hydrogen-bond acceptors (Lipinski definition) is 4. The van der Waals surface area contributed by atoms with Gasteiger partial charge in [0.15, 0.2) is 0 Å². The summed E-state index contributed by atoms with van der Waals surface area (Å²) in [6.07, 6.45) is 1.72. The third-order valence-corrected chi connectivity index (χ3v) is 5.86. The number of carbonyl (C=O) groups is 1. The SMILES string of the molecule is COc1ccccc1CC(=O)Nc1ccc(S(=O)(=O)/N=C2/CCCN2C)cc1. The molecule has 2 aromatic carbocycles. The minimum Gasteiger partial charge on any atom is -0.496 e. The van der Waals surface area contributed by atoms with E-state index >= 15 is 0 Å². The van der Waals surface area contributed by atoms with Crippen molar-refractivity contribution >= 4 is 27.5 Å². The zero-order valence-corrected chi connectivity index (χ0v) is 16.7. The van der Waals surface area contributed by atoms with Gasteiger partial charge in [0.1, 0.15) is 11.6 Å². The highest BCUT2D eigenvalue weighted by Crippen LogP contribution is 2.21. The normalized spacial score (nSPS) is 15.6. The van der Waals surface area contributed by atoms with E-state index in [2.05, 4.69) is 9.71 Å². The number of para-hydroxylation sites is 1. The number of carbonyl (C=O) groups excluding carboxylic acids is 1. The molecule has 1 aliphatic heterocycles. The van der Waals surface area contributed by atoms with E-state index < -0.39 is 10.0 Å². The van der Waals surface area contributed by atoms with Crippen molar-refractivity contribution in [2.75, 3.05) is 26.0 Å². The summed E-state index contributed by atoms with van der Waals surface area (Å²) in [4.78, 5) is 14.2. The molecule has 0 aliphatic carbocycles. The maximum atomic E-state index is 12.5. The van der Waals surface area contributed by atoms with E-state index in [1.54, 1.807) is 25.3 Å². The van der Waals surface area contributed by atoms with E-state index in [1.165, 1.54) is 12.1 Å². The van der Waals surface area contributed by atoms with Gasteiger partial charge in [-0.3, -0.25) is 4.79 Å². The molecule has 7 nitrogen and oxygen atoms in total. The monoisotopic (exact) mass is 401 g/mol. The summed E-state index contributed by atoms with van der Waals surface area (Å²) < 4.78 is 34.1. The van der Waals surface area contributed by atoms with E-state index in [9.17, 15) is 13.2 Å². The zero-order valence-electron chi connectivity index (χ0n) is 15.9. The number of nitrogens with one attached hydrogen (secondary N) is 1. The van der Waals surface area contributed by atoms with Crippen LogP contribution < -0.4 is 10.1 Å². The Morgan fingerprint density at radius 3 is 2.54 bits per heavy atom. The van der Waals surface area contributed by atoms with Gasteiger partial charge in [-0.2, -0.15) is 8.42 Å². The second-order valence-corrected chi connectivity index (χ2v) is 8.17. The quantitative estimate of drug-likeness (QED) is 0.804. The fourth-order valence-corrected chi connectivity index (χ4v) is 4.13. The smallest absolute Gasteiger partial charge is 0.283 e. The van der Waals surface area contributed by atoms with Crippen LogP contribution >= 0.6 is 0 Å². The summed E-state index contributed by atoms with van der Waals surface area (Å²) in [5, 5.41) is 2.77. The first kappa shape index (κ1) is 19.9. The van der Waals surface area contributed by atoms with Crippen molar-refractivity contribution in [3.63, 3.8) is 0 Å². The molecule has 28 heavy (non-hydrogen) atoms. The van der Waals surface area contributed by atoms with Crippen molar-refractivity contribution in [2.24, 2.45) is 4.40 Å². The number of methoxy groups -OCH3 is 1. The molecular weight excluding hydrogens is 378 g/mol. The molecular formula is C20H23N3O4S. The van der Waals surface area contributed by atoms with Crippen LogP contribution in [0.2, 0.25) is 0 Å². The van der Waals surface area contributed by atoms with E-state index in [4.69, 9.17) is 4.74 Å². The minimum absolute atomic E-state index is 0.100. The van der Waals surface area contributed by atoms with Crippen molar-refractivity contribution in [2.45, 2.75) is 24.2 Å². The predicted molar refractivity (Wildman–Crippen MR) is 108 cm³/mol. The van der Waals surface area contributed by atoms with Crippen LogP contribution in [0.1, 0.15) is 18.4 Å². The number of nitrogens with zero attached hydrogens (tertiary/aromatic N) is 2. The minimum atomic E-state index is -3.76. The molecule has 1 aliphatic rings. The van der Waals surface area contributed by atoms with Crippen LogP contribution in [0.15, 0.2) is 57.8 Å². The maximum Gasteiger partial charge on any atom is 0.283 e. The number of amides is 1. The average molecular weight is 401 g/mol. The van der Waals surface area contributed by atoms with Gasteiger partial charge in [0.2, 0.25) is 5.91 Å². The summed E-state index contributed by atoms with van der Waals surface area (Å²) in [6.45, 7) is 0.811. The van der Waals surface area contributed by atoms with Gasteiger partial charge in [0.25, 0.3) is 10.0 Å². The van der Waals surface area contributed by atoms with Crippen molar-refractivity contribution in [3.8, 4) is 5.75 Å². The molecule has 3 rings (SSSR count). The van der Waals surface area contributed by atoms with Crippen LogP contribution in [0, 0.1) is 0 Å². The highest BCUT2D eigenvalue weighted by atomic mass is 32.2. The third-order valence-electron chi connectivity index (χ3n) is 4.54. The van der Waals surface area contributed by atoms with Gasteiger partial charge in [-0.05, 0) is 36.8 Å². The Kier molecular flexibility index (Phi) is 5.99. The largest absolute Gasteiger partial charge is 0.496 e. The van der Waals surface area contributed by atoms with Crippen LogP contribution in [-0.2, 0) is 21.2 Å². The predicted octanol–water partition coefficient (Wildman–Crippen LogP) is 2.69. The van der Waals surface area contributed by atoms with Gasteiger partial charge in [0.05, 0.1) is 18.4 Å². The second-order valence-electron chi connectivity index (χ2n) is 6.57. The molecule has 148 valence electrons. The Labute approximate surface area is 165 Å². The highest BCUT2D eigenvalue weighted by Gasteiger charge is 2.20.